The number of nitro groups is 1. The first-order chi connectivity index (χ1) is 14.1. The number of nitrogens with one attached hydrogen (secondary N) is 2. The Hall–Kier alpha value is -3.49. The van der Waals surface area contributed by atoms with Crippen molar-refractivity contribution in [1.82, 2.24) is 9.55 Å². The molecule has 9 heteroatoms. The summed E-state index contributed by atoms with van der Waals surface area (Å²) in [7, 11) is 0. The number of carbonyl (C=O) groups excluding carboxylic acids is 1. The van der Waals surface area contributed by atoms with Gasteiger partial charge in [-0.05, 0) is 24.3 Å². The lowest BCUT2D eigenvalue weighted by Crippen LogP contribution is -2.41. The fraction of sp³-hybridized carbons (Fsp3) is 0.381. The standard InChI is InChI=1S/C21H22N4O5/c1-4-24-18-17(19(27)23-20(24)28)15(11-5-7-12(8-6-11)25(29)30)16-13(22-18)9-21(2,3)10-14(16)26/h5-8,15,22H,4,9-10H2,1-3H3,(H,23,27,28). The molecule has 1 aromatic carbocycles. The molecule has 4 rings (SSSR count). The summed E-state index contributed by atoms with van der Waals surface area (Å²) in [5, 5.41) is 14.3. The maximum absolute atomic E-state index is 13.2. The molecule has 0 radical (unpaired) electrons. The molecule has 9 nitrogen and oxygen atoms in total. The Morgan fingerprint density at radius 2 is 1.83 bits per heavy atom. The molecule has 2 aliphatic rings. The Balaban J connectivity index is 2.01. The van der Waals surface area contributed by atoms with Crippen molar-refractivity contribution in [1.29, 1.82) is 0 Å². The molecule has 30 heavy (non-hydrogen) atoms. The van der Waals surface area contributed by atoms with Crippen LogP contribution in [0.2, 0.25) is 0 Å². The number of carbonyl (C=O) groups is 1. The number of allylic oxidation sites excluding steroid dienone is 2. The summed E-state index contributed by atoms with van der Waals surface area (Å²) in [5.74, 6) is -0.405. The molecule has 0 saturated carbocycles. The highest BCUT2D eigenvalue weighted by atomic mass is 16.6. The van der Waals surface area contributed by atoms with Gasteiger partial charge < -0.3 is 5.32 Å². The van der Waals surface area contributed by atoms with Gasteiger partial charge in [-0.15, -0.1) is 0 Å². The van der Waals surface area contributed by atoms with Gasteiger partial charge in [-0.2, -0.15) is 0 Å². The van der Waals surface area contributed by atoms with Crippen molar-refractivity contribution in [3.8, 4) is 0 Å². The van der Waals surface area contributed by atoms with Crippen molar-refractivity contribution in [2.75, 3.05) is 5.32 Å². The SMILES string of the molecule is CCn1c2c(c(=O)[nH]c1=O)C(c1ccc([N+](=O)[O-])cc1)C1=C(CC(C)(C)CC1=O)N2. The molecular formula is C21H22N4O5. The smallest absolute Gasteiger partial charge is 0.329 e. The Kier molecular flexibility index (Phi) is 4.48. The highest BCUT2D eigenvalue weighted by molar-refractivity contribution is 6.01. The third kappa shape index (κ3) is 3.06. The molecule has 2 aromatic rings. The normalized spacial score (nSPS) is 19.7. The van der Waals surface area contributed by atoms with Crippen LogP contribution in [0.25, 0.3) is 0 Å². The number of non-ortho nitro benzene ring substituents is 1. The minimum absolute atomic E-state index is 0.0728. The number of benzene rings is 1. The fourth-order valence-electron chi connectivity index (χ4n) is 4.48. The molecule has 2 N–H and O–H groups in total. The van der Waals surface area contributed by atoms with Gasteiger partial charge in [0.05, 0.1) is 10.5 Å². The van der Waals surface area contributed by atoms with Crippen LogP contribution in [0.15, 0.2) is 45.1 Å². The number of H-pyrrole nitrogens is 1. The minimum atomic E-state index is -0.706. The van der Waals surface area contributed by atoms with E-state index >= 15 is 0 Å². The molecule has 1 atom stereocenters. The van der Waals surface area contributed by atoms with Gasteiger partial charge in [0.2, 0.25) is 0 Å². The number of fused-ring (bicyclic) bond motifs is 1. The molecule has 156 valence electrons. The second kappa shape index (κ2) is 6.79. The topological polar surface area (TPSA) is 127 Å². The number of Topliss-reactive ketones (excluding diaryl/α,β-unsaturated/α-hetero) is 1. The summed E-state index contributed by atoms with van der Waals surface area (Å²) in [5.41, 5.74) is 0.612. The summed E-state index contributed by atoms with van der Waals surface area (Å²) in [4.78, 5) is 51.3. The zero-order valence-electron chi connectivity index (χ0n) is 16.9. The van der Waals surface area contributed by atoms with Crippen LogP contribution in [0.4, 0.5) is 11.5 Å². The molecule has 1 aromatic heterocycles. The van der Waals surface area contributed by atoms with Crippen LogP contribution in [0.1, 0.15) is 50.7 Å². The van der Waals surface area contributed by atoms with Crippen molar-refractivity contribution in [3.05, 3.63) is 77.6 Å². The zero-order valence-corrected chi connectivity index (χ0v) is 16.9. The molecule has 1 aliphatic carbocycles. The van der Waals surface area contributed by atoms with Gasteiger partial charge in [0, 0.05) is 42.3 Å². The van der Waals surface area contributed by atoms with Crippen molar-refractivity contribution in [2.45, 2.75) is 46.1 Å². The predicted octanol–water partition coefficient (Wildman–Crippen LogP) is 2.67. The summed E-state index contributed by atoms with van der Waals surface area (Å²) in [6.07, 6.45) is 0.916. The van der Waals surface area contributed by atoms with E-state index in [2.05, 4.69) is 10.3 Å². The van der Waals surface area contributed by atoms with Crippen molar-refractivity contribution < 1.29 is 9.72 Å². The van der Waals surface area contributed by atoms with E-state index in [-0.39, 0.29) is 22.4 Å². The number of nitro benzene ring substituents is 1. The van der Waals surface area contributed by atoms with E-state index in [0.717, 1.165) is 0 Å². The second-order valence-corrected chi connectivity index (χ2v) is 8.51. The first-order valence-corrected chi connectivity index (χ1v) is 9.77. The average molecular weight is 410 g/mol. The molecule has 0 amide bonds. The van der Waals surface area contributed by atoms with Gasteiger partial charge in [-0.1, -0.05) is 26.0 Å². The monoisotopic (exact) mass is 410 g/mol. The minimum Gasteiger partial charge on any atom is -0.344 e. The van der Waals surface area contributed by atoms with Gasteiger partial charge in [0.1, 0.15) is 5.82 Å². The third-order valence-electron chi connectivity index (χ3n) is 5.76. The van der Waals surface area contributed by atoms with Crippen LogP contribution < -0.4 is 16.6 Å². The first kappa shape index (κ1) is 19.8. The fourth-order valence-corrected chi connectivity index (χ4v) is 4.48. The molecule has 0 saturated heterocycles. The quantitative estimate of drug-likeness (QED) is 0.592. The Labute approximate surface area is 171 Å². The molecule has 0 spiro atoms. The molecule has 2 heterocycles. The number of aromatic amines is 1. The van der Waals surface area contributed by atoms with E-state index in [1.807, 2.05) is 13.8 Å². The van der Waals surface area contributed by atoms with E-state index in [1.54, 1.807) is 19.1 Å². The zero-order chi connectivity index (χ0) is 21.8. The highest BCUT2D eigenvalue weighted by Gasteiger charge is 2.42. The van der Waals surface area contributed by atoms with Crippen molar-refractivity contribution in [2.24, 2.45) is 5.41 Å². The van der Waals surface area contributed by atoms with Gasteiger partial charge in [0.15, 0.2) is 5.78 Å². The van der Waals surface area contributed by atoms with Crippen LogP contribution in [-0.2, 0) is 11.3 Å². The Bertz CT molecular complexity index is 1220. The largest absolute Gasteiger partial charge is 0.344 e. The number of rotatable bonds is 3. The van der Waals surface area contributed by atoms with Gasteiger partial charge in [-0.3, -0.25) is 29.3 Å². The van der Waals surface area contributed by atoms with Crippen LogP contribution in [0.3, 0.4) is 0 Å². The van der Waals surface area contributed by atoms with Crippen LogP contribution in [-0.4, -0.2) is 20.3 Å². The Morgan fingerprint density at radius 3 is 2.43 bits per heavy atom. The second-order valence-electron chi connectivity index (χ2n) is 8.51. The summed E-state index contributed by atoms with van der Waals surface area (Å²) < 4.78 is 1.44. The first-order valence-electron chi connectivity index (χ1n) is 9.77. The Morgan fingerprint density at radius 1 is 1.17 bits per heavy atom. The summed E-state index contributed by atoms with van der Waals surface area (Å²) in [6, 6.07) is 5.85. The lowest BCUT2D eigenvalue weighted by atomic mass is 9.69. The highest BCUT2D eigenvalue weighted by Crippen LogP contribution is 2.47. The molecule has 1 aliphatic heterocycles. The molecule has 0 bridgehead atoms. The summed E-state index contributed by atoms with van der Waals surface area (Å²) >= 11 is 0. The molecule has 0 fully saturated rings. The molecule has 1 unspecified atom stereocenters. The van der Waals surface area contributed by atoms with Crippen LogP contribution in [0.5, 0.6) is 0 Å². The maximum Gasteiger partial charge on any atom is 0.329 e. The number of ketones is 1. The van der Waals surface area contributed by atoms with E-state index in [1.165, 1.54) is 16.7 Å². The van der Waals surface area contributed by atoms with Gasteiger partial charge >= 0.3 is 5.69 Å². The number of hydrogen-bond donors (Lipinski definition) is 2. The van der Waals surface area contributed by atoms with E-state index in [0.29, 0.717) is 42.0 Å². The lowest BCUT2D eigenvalue weighted by Gasteiger charge is -2.39. The maximum atomic E-state index is 13.2. The van der Waals surface area contributed by atoms with Crippen molar-refractivity contribution in [3.63, 3.8) is 0 Å². The van der Waals surface area contributed by atoms with Gasteiger partial charge in [0.25, 0.3) is 11.2 Å². The number of nitrogens with zero attached hydrogens (tertiary/aromatic N) is 2. The van der Waals surface area contributed by atoms with Crippen LogP contribution in [0, 0.1) is 15.5 Å². The number of hydrogen-bond acceptors (Lipinski definition) is 6. The van der Waals surface area contributed by atoms with Gasteiger partial charge in [-0.25, -0.2) is 4.79 Å². The predicted molar refractivity (Wildman–Crippen MR) is 111 cm³/mol. The number of aromatic nitrogens is 2. The summed E-state index contributed by atoms with van der Waals surface area (Å²) in [6.45, 7) is 6.12. The van der Waals surface area contributed by atoms with E-state index < -0.39 is 22.1 Å². The lowest BCUT2D eigenvalue weighted by molar-refractivity contribution is -0.384. The van der Waals surface area contributed by atoms with E-state index in [9.17, 15) is 24.5 Å². The number of anilines is 1. The third-order valence-corrected chi connectivity index (χ3v) is 5.76. The van der Waals surface area contributed by atoms with Crippen LogP contribution >= 0.6 is 0 Å². The van der Waals surface area contributed by atoms with E-state index in [4.69, 9.17) is 0 Å². The molecular weight excluding hydrogens is 388 g/mol. The average Bonchev–Trinajstić information content (AvgIpc) is 2.65. The van der Waals surface area contributed by atoms with Crippen molar-refractivity contribution >= 4 is 17.3 Å².